The Morgan fingerprint density at radius 2 is 1.69 bits per heavy atom. The van der Waals surface area contributed by atoms with Crippen LogP contribution in [0, 0.1) is 5.92 Å². The molecule has 0 unspecified atom stereocenters. The van der Waals surface area contributed by atoms with E-state index < -0.39 is 5.60 Å². The molecule has 2 N–H and O–H groups in total. The van der Waals surface area contributed by atoms with E-state index in [1.807, 2.05) is 32.7 Å². The number of carbonyl (C=O) groups is 1. The van der Waals surface area contributed by atoms with E-state index in [9.17, 15) is 4.79 Å². The summed E-state index contributed by atoms with van der Waals surface area (Å²) < 4.78 is 5.70. The molecule has 2 aliphatic rings. The lowest BCUT2D eigenvalue weighted by Gasteiger charge is -2.40. The van der Waals surface area contributed by atoms with Gasteiger partial charge >= 0.3 is 6.09 Å². The predicted molar refractivity (Wildman–Crippen MR) is 119 cm³/mol. The highest BCUT2D eigenvalue weighted by Gasteiger charge is 2.35. The van der Waals surface area contributed by atoms with Crippen LogP contribution in [0.3, 0.4) is 0 Å². The summed E-state index contributed by atoms with van der Waals surface area (Å²) in [5, 5.41) is 6.95. The van der Waals surface area contributed by atoms with Gasteiger partial charge in [-0.25, -0.2) is 4.79 Å². The Morgan fingerprint density at radius 1 is 1.07 bits per heavy atom. The molecule has 0 aromatic carbocycles. The van der Waals surface area contributed by atoms with Gasteiger partial charge in [-0.1, -0.05) is 0 Å². The second-order valence-corrected chi connectivity index (χ2v) is 10.4. The van der Waals surface area contributed by atoms with Crippen molar-refractivity contribution < 1.29 is 9.53 Å². The van der Waals surface area contributed by atoms with Gasteiger partial charge in [0.25, 0.3) is 0 Å². The van der Waals surface area contributed by atoms with Gasteiger partial charge in [0, 0.05) is 51.4 Å². The topological polar surface area (TPSA) is 69.2 Å². The van der Waals surface area contributed by atoms with E-state index in [1.165, 1.54) is 12.8 Å². The summed E-state index contributed by atoms with van der Waals surface area (Å²) in [6.07, 6.45) is 4.22. The Labute approximate surface area is 177 Å². The fourth-order valence-electron chi connectivity index (χ4n) is 3.61. The van der Waals surface area contributed by atoms with Gasteiger partial charge in [-0.3, -0.25) is 4.99 Å². The van der Waals surface area contributed by atoms with Crippen molar-refractivity contribution in [1.82, 2.24) is 20.4 Å². The van der Waals surface area contributed by atoms with Gasteiger partial charge in [-0.15, -0.1) is 0 Å². The Hall–Kier alpha value is -1.50. The van der Waals surface area contributed by atoms with E-state index >= 15 is 0 Å². The summed E-state index contributed by atoms with van der Waals surface area (Å²) in [6.45, 7) is 16.7. The standard InChI is InChI=1S/C22H43N5O2/c1-21(2,3)25-13-12-24-19(23-7)26-14-10-18(11-15-26)27(16-17-8-9-17)20(28)29-22(4,5)6/h17-18,25H,8-16H2,1-7H3,(H,23,24). The highest BCUT2D eigenvalue weighted by atomic mass is 16.6. The number of carbonyl (C=O) groups excluding carboxylic acids is 1. The number of likely N-dealkylation sites (tertiary alicyclic amines) is 1. The number of hydrogen-bond donors (Lipinski definition) is 2. The Bertz CT molecular complexity index is 553. The number of aliphatic imine (C=N–C) groups is 1. The van der Waals surface area contributed by atoms with Crippen LogP contribution in [0.5, 0.6) is 0 Å². The molecule has 2 rings (SSSR count). The van der Waals surface area contributed by atoms with E-state index in [-0.39, 0.29) is 17.7 Å². The zero-order chi connectivity index (χ0) is 21.7. The first-order chi connectivity index (χ1) is 13.5. The number of nitrogens with zero attached hydrogens (tertiary/aromatic N) is 3. The number of hydrogen-bond acceptors (Lipinski definition) is 4. The summed E-state index contributed by atoms with van der Waals surface area (Å²) in [7, 11) is 1.84. The largest absolute Gasteiger partial charge is 0.444 e. The molecule has 7 heteroatoms. The van der Waals surface area contributed by atoms with Crippen LogP contribution >= 0.6 is 0 Å². The molecule has 0 aromatic rings. The number of rotatable bonds is 6. The van der Waals surface area contributed by atoms with Crippen LogP contribution in [0.2, 0.25) is 0 Å². The second-order valence-electron chi connectivity index (χ2n) is 10.4. The zero-order valence-corrected chi connectivity index (χ0v) is 19.7. The minimum Gasteiger partial charge on any atom is -0.444 e. The first-order valence-electron chi connectivity index (χ1n) is 11.2. The van der Waals surface area contributed by atoms with Crippen molar-refractivity contribution in [1.29, 1.82) is 0 Å². The van der Waals surface area contributed by atoms with Gasteiger partial charge < -0.3 is 25.2 Å². The molecule has 0 atom stereocenters. The smallest absolute Gasteiger partial charge is 0.410 e. The highest BCUT2D eigenvalue weighted by Crippen LogP contribution is 2.32. The summed E-state index contributed by atoms with van der Waals surface area (Å²) in [5.41, 5.74) is -0.330. The lowest BCUT2D eigenvalue weighted by molar-refractivity contribution is 0.00928. The van der Waals surface area contributed by atoms with E-state index in [1.54, 1.807) is 0 Å². The Morgan fingerprint density at radius 3 is 2.17 bits per heavy atom. The van der Waals surface area contributed by atoms with Crippen molar-refractivity contribution in [2.75, 3.05) is 39.8 Å². The molecule has 7 nitrogen and oxygen atoms in total. The van der Waals surface area contributed by atoms with Crippen LogP contribution in [0.4, 0.5) is 4.79 Å². The normalized spacial score (nSPS) is 19.3. The SMILES string of the molecule is CN=C(NCCNC(C)(C)C)N1CCC(N(CC2CC2)C(=O)OC(C)(C)C)CC1. The molecular weight excluding hydrogens is 366 g/mol. The average molecular weight is 410 g/mol. The second kappa shape index (κ2) is 10.0. The fraction of sp³-hybridized carbons (Fsp3) is 0.909. The molecule has 1 saturated carbocycles. The maximum absolute atomic E-state index is 12.8. The van der Waals surface area contributed by atoms with Gasteiger partial charge in [0.2, 0.25) is 0 Å². The van der Waals surface area contributed by atoms with Crippen LogP contribution in [-0.4, -0.2) is 78.8 Å². The van der Waals surface area contributed by atoms with Crippen molar-refractivity contribution in [2.24, 2.45) is 10.9 Å². The van der Waals surface area contributed by atoms with Gasteiger partial charge in [0.05, 0.1) is 0 Å². The van der Waals surface area contributed by atoms with Crippen molar-refractivity contribution >= 4 is 12.1 Å². The van der Waals surface area contributed by atoms with Crippen molar-refractivity contribution in [3.63, 3.8) is 0 Å². The lowest BCUT2D eigenvalue weighted by atomic mass is 10.0. The molecule has 0 aromatic heterocycles. The number of piperidine rings is 1. The molecule has 1 saturated heterocycles. The van der Waals surface area contributed by atoms with Crippen LogP contribution in [0.1, 0.15) is 67.2 Å². The fourth-order valence-corrected chi connectivity index (χ4v) is 3.61. The maximum Gasteiger partial charge on any atom is 0.410 e. The molecule has 29 heavy (non-hydrogen) atoms. The predicted octanol–water partition coefficient (Wildman–Crippen LogP) is 3.06. The minimum atomic E-state index is -0.452. The van der Waals surface area contributed by atoms with Gasteiger partial charge in [0.15, 0.2) is 5.96 Å². The molecule has 0 bridgehead atoms. The molecule has 1 heterocycles. The van der Waals surface area contributed by atoms with Gasteiger partial charge in [-0.2, -0.15) is 0 Å². The minimum absolute atomic E-state index is 0.121. The van der Waals surface area contributed by atoms with Crippen LogP contribution in [0.25, 0.3) is 0 Å². The number of amides is 1. The number of guanidine groups is 1. The molecule has 1 aliphatic carbocycles. The van der Waals surface area contributed by atoms with E-state index in [0.717, 1.165) is 51.5 Å². The lowest BCUT2D eigenvalue weighted by Crippen LogP contribution is -2.53. The van der Waals surface area contributed by atoms with Crippen molar-refractivity contribution in [2.45, 2.75) is 84.4 Å². The third-order valence-corrected chi connectivity index (χ3v) is 5.26. The molecule has 2 fully saturated rings. The molecule has 168 valence electrons. The summed E-state index contributed by atoms with van der Waals surface area (Å²) in [4.78, 5) is 21.6. The first-order valence-corrected chi connectivity index (χ1v) is 11.2. The van der Waals surface area contributed by atoms with Gasteiger partial charge in [0.1, 0.15) is 5.60 Å². The Balaban J connectivity index is 1.85. The zero-order valence-electron chi connectivity index (χ0n) is 19.7. The quantitative estimate of drug-likeness (QED) is 0.401. The van der Waals surface area contributed by atoms with E-state index in [4.69, 9.17) is 4.74 Å². The van der Waals surface area contributed by atoms with Crippen LogP contribution < -0.4 is 10.6 Å². The molecule has 1 amide bonds. The number of nitrogens with one attached hydrogen (secondary N) is 2. The van der Waals surface area contributed by atoms with Crippen LogP contribution in [0.15, 0.2) is 4.99 Å². The highest BCUT2D eigenvalue weighted by molar-refractivity contribution is 5.80. The molecule has 0 spiro atoms. The monoisotopic (exact) mass is 409 g/mol. The average Bonchev–Trinajstić information content (AvgIpc) is 3.42. The van der Waals surface area contributed by atoms with E-state index in [2.05, 4.69) is 41.3 Å². The Kier molecular flexibility index (Phi) is 8.20. The third-order valence-electron chi connectivity index (χ3n) is 5.26. The van der Waals surface area contributed by atoms with E-state index in [0.29, 0.717) is 5.92 Å². The summed E-state index contributed by atoms with van der Waals surface area (Å²) in [5.74, 6) is 1.61. The van der Waals surface area contributed by atoms with Crippen LogP contribution in [-0.2, 0) is 4.74 Å². The van der Waals surface area contributed by atoms with Gasteiger partial charge in [-0.05, 0) is 73.1 Å². The number of ether oxygens (including phenoxy) is 1. The summed E-state index contributed by atoms with van der Waals surface area (Å²) in [6, 6.07) is 0.252. The van der Waals surface area contributed by atoms with Crippen molar-refractivity contribution in [3.8, 4) is 0 Å². The third kappa shape index (κ3) is 8.81. The molecule has 1 aliphatic heterocycles. The van der Waals surface area contributed by atoms with Crippen molar-refractivity contribution in [3.05, 3.63) is 0 Å². The summed E-state index contributed by atoms with van der Waals surface area (Å²) >= 11 is 0. The molecular formula is C22H43N5O2. The first kappa shape index (κ1) is 23.8. The maximum atomic E-state index is 12.8. The molecule has 0 radical (unpaired) electrons.